The van der Waals surface area contributed by atoms with Gasteiger partial charge in [0.25, 0.3) is 0 Å². The Hall–Kier alpha value is -3.05. The molecule has 0 aliphatic rings. The highest BCUT2D eigenvalue weighted by Crippen LogP contribution is 2.33. The van der Waals surface area contributed by atoms with Gasteiger partial charge in [0.1, 0.15) is 18.1 Å². The zero-order valence-electron chi connectivity index (χ0n) is 14.7. The summed E-state index contributed by atoms with van der Waals surface area (Å²) in [6.07, 6.45) is 1.64. The first-order valence-electron chi connectivity index (χ1n) is 8.60. The molecule has 136 valence electrons. The van der Waals surface area contributed by atoms with Crippen molar-refractivity contribution in [1.82, 2.24) is 9.97 Å². The molecule has 5 nitrogen and oxygen atoms in total. The summed E-state index contributed by atoms with van der Waals surface area (Å²) in [5.74, 6) is 0.283. The summed E-state index contributed by atoms with van der Waals surface area (Å²) in [5.41, 5.74) is 3.00. The number of pyridine rings is 1. The first kappa shape index (κ1) is 17.4. The van der Waals surface area contributed by atoms with Crippen LogP contribution in [0.3, 0.4) is 0 Å². The number of H-pyrrole nitrogens is 1. The average Bonchev–Trinajstić information content (AvgIpc) is 3.05. The number of benzene rings is 2. The van der Waals surface area contributed by atoms with E-state index >= 15 is 0 Å². The van der Waals surface area contributed by atoms with Gasteiger partial charge < -0.3 is 14.5 Å². The van der Waals surface area contributed by atoms with Gasteiger partial charge in [0, 0.05) is 15.8 Å². The Labute approximate surface area is 160 Å². The summed E-state index contributed by atoms with van der Waals surface area (Å²) in [7, 11) is 0. The molecule has 0 unspecified atom stereocenters. The van der Waals surface area contributed by atoms with Gasteiger partial charge in [-0.05, 0) is 42.8 Å². The van der Waals surface area contributed by atoms with Crippen LogP contribution in [-0.2, 0) is 11.3 Å². The van der Waals surface area contributed by atoms with E-state index in [1.54, 1.807) is 19.2 Å². The molecule has 2 aromatic carbocycles. The molecule has 0 aliphatic heterocycles. The average molecular weight is 381 g/mol. The third kappa shape index (κ3) is 3.46. The fourth-order valence-corrected chi connectivity index (χ4v) is 3.26. The molecule has 0 aliphatic carbocycles. The second kappa shape index (κ2) is 7.29. The number of carbonyl (C=O) groups excluding carboxylic acids is 1. The van der Waals surface area contributed by atoms with Crippen molar-refractivity contribution in [3.8, 4) is 5.75 Å². The Kier molecular flexibility index (Phi) is 4.69. The minimum atomic E-state index is -0.439. The predicted molar refractivity (Wildman–Crippen MR) is 105 cm³/mol. The van der Waals surface area contributed by atoms with Gasteiger partial charge in [0.2, 0.25) is 0 Å². The zero-order chi connectivity index (χ0) is 18.8. The maximum Gasteiger partial charge on any atom is 0.356 e. The van der Waals surface area contributed by atoms with Crippen molar-refractivity contribution >= 4 is 39.4 Å². The molecule has 4 aromatic rings. The Balaban J connectivity index is 1.75. The SMILES string of the molecule is CCOC(=O)c1cc2c(cn1)[nH]c1cccc(OCc3cccc(Cl)c3)c12. The van der Waals surface area contributed by atoms with E-state index in [1.807, 2.05) is 42.5 Å². The number of fused-ring (bicyclic) bond motifs is 3. The molecule has 0 radical (unpaired) electrons. The standard InChI is InChI=1S/C21H17ClN2O3/c1-2-26-21(25)17-10-15-18(11-23-17)24-16-7-4-8-19(20(15)16)27-12-13-5-3-6-14(22)9-13/h3-11,24H,2,12H2,1H3. The number of ether oxygens (including phenoxy) is 2. The van der Waals surface area contributed by atoms with E-state index in [4.69, 9.17) is 21.1 Å². The van der Waals surface area contributed by atoms with Crippen molar-refractivity contribution in [1.29, 1.82) is 0 Å². The highest BCUT2D eigenvalue weighted by Gasteiger charge is 2.14. The minimum Gasteiger partial charge on any atom is -0.488 e. The summed E-state index contributed by atoms with van der Waals surface area (Å²) in [6, 6.07) is 15.1. The minimum absolute atomic E-state index is 0.273. The normalized spacial score (nSPS) is 11.0. The molecule has 27 heavy (non-hydrogen) atoms. The number of aromatic amines is 1. The quantitative estimate of drug-likeness (QED) is 0.488. The zero-order valence-corrected chi connectivity index (χ0v) is 15.4. The summed E-state index contributed by atoms with van der Waals surface area (Å²) in [6.45, 7) is 2.46. The topological polar surface area (TPSA) is 64.2 Å². The summed E-state index contributed by atoms with van der Waals surface area (Å²) in [4.78, 5) is 19.5. The van der Waals surface area contributed by atoms with Crippen molar-refractivity contribution < 1.29 is 14.3 Å². The third-order valence-corrected chi connectivity index (χ3v) is 4.47. The van der Waals surface area contributed by atoms with Gasteiger partial charge in [-0.1, -0.05) is 29.8 Å². The lowest BCUT2D eigenvalue weighted by atomic mass is 10.1. The van der Waals surface area contributed by atoms with E-state index in [-0.39, 0.29) is 5.69 Å². The van der Waals surface area contributed by atoms with Crippen LogP contribution in [0.5, 0.6) is 5.75 Å². The maximum atomic E-state index is 12.0. The van der Waals surface area contributed by atoms with E-state index in [0.29, 0.717) is 18.2 Å². The fourth-order valence-electron chi connectivity index (χ4n) is 3.04. The van der Waals surface area contributed by atoms with Crippen LogP contribution in [0.15, 0.2) is 54.7 Å². The van der Waals surface area contributed by atoms with Gasteiger partial charge in [0.15, 0.2) is 0 Å². The van der Waals surface area contributed by atoms with Crippen LogP contribution in [-0.4, -0.2) is 22.5 Å². The smallest absolute Gasteiger partial charge is 0.356 e. The van der Waals surface area contributed by atoms with E-state index < -0.39 is 5.97 Å². The lowest BCUT2D eigenvalue weighted by Crippen LogP contribution is -2.06. The number of hydrogen-bond donors (Lipinski definition) is 1. The molecule has 6 heteroatoms. The van der Waals surface area contributed by atoms with E-state index in [0.717, 1.165) is 33.1 Å². The molecule has 4 rings (SSSR count). The van der Waals surface area contributed by atoms with Crippen LogP contribution in [0.4, 0.5) is 0 Å². The number of rotatable bonds is 5. The molecular weight excluding hydrogens is 364 g/mol. The fraction of sp³-hybridized carbons (Fsp3) is 0.143. The number of nitrogens with zero attached hydrogens (tertiary/aromatic N) is 1. The van der Waals surface area contributed by atoms with E-state index in [9.17, 15) is 4.79 Å². The summed E-state index contributed by atoms with van der Waals surface area (Å²) < 4.78 is 11.1. The Morgan fingerprint density at radius 1 is 1.15 bits per heavy atom. The van der Waals surface area contributed by atoms with Crippen molar-refractivity contribution in [3.05, 3.63) is 71.0 Å². The van der Waals surface area contributed by atoms with Crippen molar-refractivity contribution in [2.45, 2.75) is 13.5 Å². The predicted octanol–water partition coefficient (Wildman–Crippen LogP) is 5.13. The molecule has 2 heterocycles. The number of aromatic nitrogens is 2. The molecule has 0 saturated carbocycles. The molecule has 0 atom stereocenters. The Morgan fingerprint density at radius 2 is 2.00 bits per heavy atom. The lowest BCUT2D eigenvalue weighted by molar-refractivity contribution is 0.0519. The number of hydrogen-bond acceptors (Lipinski definition) is 4. The van der Waals surface area contributed by atoms with E-state index in [1.165, 1.54) is 0 Å². The van der Waals surface area contributed by atoms with Gasteiger partial charge in [-0.15, -0.1) is 0 Å². The molecule has 1 N–H and O–H groups in total. The van der Waals surface area contributed by atoms with Gasteiger partial charge in [-0.3, -0.25) is 0 Å². The second-order valence-electron chi connectivity index (χ2n) is 6.06. The number of halogens is 1. The van der Waals surface area contributed by atoms with Crippen LogP contribution in [0.2, 0.25) is 5.02 Å². The second-order valence-corrected chi connectivity index (χ2v) is 6.49. The maximum absolute atomic E-state index is 12.0. The van der Waals surface area contributed by atoms with Crippen LogP contribution >= 0.6 is 11.6 Å². The first-order valence-corrected chi connectivity index (χ1v) is 8.98. The molecule has 0 fully saturated rings. The molecule has 0 bridgehead atoms. The molecule has 0 saturated heterocycles. The van der Waals surface area contributed by atoms with Gasteiger partial charge in [0.05, 0.1) is 23.8 Å². The lowest BCUT2D eigenvalue weighted by Gasteiger charge is -2.08. The van der Waals surface area contributed by atoms with Crippen LogP contribution in [0.25, 0.3) is 21.8 Å². The molecule has 0 spiro atoms. The van der Waals surface area contributed by atoms with Crippen molar-refractivity contribution in [2.75, 3.05) is 6.61 Å². The first-order chi connectivity index (χ1) is 13.2. The van der Waals surface area contributed by atoms with Gasteiger partial charge in [-0.2, -0.15) is 0 Å². The van der Waals surface area contributed by atoms with Crippen molar-refractivity contribution in [2.24, 2.45) is 0 Å². The van der Waals surface area contributed by atoms with Crippen LogP contribution in [0.1, 0.15) is 23.0 Å². The summed E-state index contributed by atoms with van der Waals surface area (Å²) >= 11 is 6.04. The molecule has 2 aromatic heterocycles. The number of nitrogens with one attached hydrogen (secondary N) is 1. The Morgan fingerprint density at radius 3 is 2.81 bits per heavy atom. The molecular formula is C21H17ClN2O3. The largest absolute Gasteiger partial charge is 0.488 e. The van der Waals surface area contributed by atoms with Crippen LogP contribution in [0, 0.1) is 0 Å². The Bertz CT molecular complexity index is 1140. The summed E-state index contributed by atoms with van der Waals surface area (Å²) in [5, 5.41) is 2.44. The van der Waals surface area contributed by atoms with Crippen molar-refractivity contribution in [3.63, 3.8) is 0 Å². The number of carbonyl (C=O) groups is 1. The highest BCUT2D eigenvalue weighted by molar-refractivity contribution is 6.30. The monoisotopic (exact) mass is 380 g/mol. The third-order valence-electron chi connectivity index (χ3n) is 4.24. The number of esters is 1. The highest BCUT2D eigenvalue weighted by atomic mass is 35.5. The van der Waals surface area contributed by atoms with Crippen LogP contribution < -0.4 is 4.74 Å². The van der Waals surface area contributed by atoms with E-state index in [2.05, 4.69) is 9.97 Å². The van der Waals surface area contributed by atoms with Gasteiger partial charge >= 0.3 is 5.97 Å². The van der Waals surface area contributed by atoms with Gasteiger partial charge in [-0.25, -0.2) is 9.78 Å². The molecule has 0 amide bonds.